The molecular formula is C27H23F3N2O4. The second kappa shape index (κ2) is 9.85. The van der Waals surface area contributed by atoms with E-state index in [4.69, 9.17) is 4.74 Å². The van der Waals surface area contributed by atoms with Crippen molar-refractivity contribution in [2.75, 3.05) is 0 Å². The number of aliphatic hydroxyl groups is 1. The lowest BCUT2D eigenvalue weighted by molar-refractivity contribution is -0.140. The minimum atomic E-state index is -4.56. The summed E-state index contributed by atoms with van der Waals surface area (Å²) in [6, 6.07) is 14.8. The molecule has 0 bridgehead atoms. The molecule has 0 saturated carbocycles. The lowest BCUT2D eigenvalue weighted by Crippen LogP contribution is -2.29. The van der Waals surface area contributed by atoms with Crippen molar-refractivity contribution in [2.24, 2.45) is 0 Å². The molecule has 0 spiro atoms. The van der Waals surface area contributed by atoms with E-state index in [0.29, 0.717) is 11.4 Å². The highest BCUT2D eigenvalue weighted by atomic mass is 19.4. The van der Waals surface area contributed by atoms with E-state index in [2.05, 4.69) is 4.98 Å². The topological polar surface area (TPSA) is 79.7 Å². The second-order valence-electron chi connectivity index (χ2n) is 8.57. The Morgan fingerprint density at radius 1 is 1.06 bits per heavy atom. The molecule has 4 rings (SSSR count). The van der Waals surface area contributed by atoms with Crippen LogP contribution in [-0.4, -0.2) is 32.8 Å². The van der Waals surface area contributed by atoms with E-state index >= 15 is 0 Å². The van der Waals surface area contributed by atoms with Crippen LogP contribution >= 0.6 is 0 Å². The number of likely N-dealkylation sites (tertiary alicyclic amines) is 1. The Bertz CT molecular complexity index is 1320. The number of benzene rings is 2. The normalized spacial score (nSPS) is 17.6. The van der Waals surface area contributed by atoms with E-state index in [9.17, 15) is 27.9 Å². The number of nitrogens with zero attached hydrogens (tertiary/aromatic N) is 2. The van der Waals surface area contributed by atoms with E-state index in [1.165, 1.54) is 18.3 Å². The van der Waals surface area contributed by atoms with E-state index < -0.39 is 35.2 Å². The number of amides is 1. The summed E-state index contributed by atoms with van der Waals surface area (Å²) in [5.41, 5.74) is -0.341. The third kappa shape index (κ3) is 5.10. The summed E-state index contributed by atoms with van der Waals surface area (Å²) >= 11 is 0. The van der Waals surface area contributed by atoms with E-state index in [0.717, 1.165) is 17.0 Å². The number of aromatic nitrogens is 1. The molecule has 1 aromatic heterocycles. The van der Waals surface area contributed by atoms with Gasteiger partial charge in [-0.05, 0) is 55.8 Å². The van der Waals surface area contributed by atoms with Gasteiger partial charge in [-0.25, -0.2) is 0 Å². The lowest BCUT2D eigenvalue weighted by Gasteiger charge is -2.25. The van der Waals surface area contributed by atoms with Gasteiger partial charge in [0, 0.05) is 18.3 Å². The van der Waals surface area contributed by atoms with Crippen molar-refractivity contribution in [1.82, 2.24) is 9.88 Å². The van der Waals surface area contributed by atoms with Crippen LogP contribution in [0.2, 0.25) is 0 Å². The third-order valence-electron chi connectivity index (χ3n) is 5.59. The standard InChI is InChI=1S/C27H23F3N2O4/c1-16(2)36-20-10-6-8-18(14-20)24(33)22-23(21-11-3-4-12-31-21)32(26(35)25(22)34)15-17-7-5-9-19(13-17)27(28,29)30/h3-14,16,23,33H,15H2,1-2H3/b24-22+. The number of ether oxygens (including phenoxy) is 1. The molecule has 3 aromatic rings. The largest absolute Gasteiger partial charge is 0.507 e. The summed E-state index contributed by atoms with van der Waals surface area (Å²) in [5.74, 6) is -1.86. The van der Waals surface area contributed by atoms with Crippen LogP contribution in [0.4, 0.5) is 13.2 Å². The summed E-state index contributed by atoms with van der Waals surface area (Å²) in [7, 11) is 0. The Kier molecular flexibility index (Phi) is 6.83. The number of hydrogen-bond acceptors (Lipinski definition) is 5. The van der Waals surface area contributed by atoms with Crippen molar-refractivity contribution >= 4 is 17.4 Å². The van der Waals surface area contributed by atoms with Crippen LogP contribution in [0.3, 0.4) is 0 Å². The number of ketones is 1. The molecule has 36 heavy (non-hydrogen) atoms. The van der Waals surface area contributed by atoms with Gasteiger partial charge in [0.2, 0.25) is 0 Å². The SMILES string of the molecule is CC(C)Oc1cccc(/C(O)=C2\C(=O)C(=O)N(Cc3cccc(C(F)(F)F)c3)C2c2ccccn2)c1. The zero-order valence-electron chi connectivity index (χ0n) is 19.5. The summed E-state index contributed by atoms with van der Waals surface area (Å²) in [6.45, 7) is 3.39. The van der Waals surface area contributed by atoms with Crippen molar-refractivity contribution < 1.29 is 32.6 Å². The van der Waals surface area contributed by atoms with Crippen LogP contribution in [0.15, 0.2) is 78.5 Å². The zero-order valence-corrected chi connectivity index (χ0v) is 19.5. The molecule has 1 atom stereocenters. The molecule has 2 aromatic carbocycles. The summed E-state index contributed by atoms with van der Waals surface area (Å²) in [5, 5.41) is 11.2. The molecule has 9 heteroatoms. The molecule has 0 radical (unpaired) electrons. The minimum absolute atomic E-state index is 0.131. The molecule has 2 heterocycles. The van der Waals surface area contributed by atoms with Crippen molar-refractivity contribution in [3.63, 3.8) is 0 Å². The summed E-state index contributed by atoms with van der Waals surface area (Å²) in [4.78, 5) is 31.6. The van der Waals surface area contributed by atoms with Crippen LogP contribution in [-0.2, 0) is 22.3 Å². The quantitative estimate of drug-likeness (QED) is 0.277. The van der Waals surface area contributed by atoms with Gasteiger partial charge in [-0.3, -0.25) is 14.6 Å². The van der Waals surface area contributed by atoms with E-state index in [1.807, 2.05) is 13.8 Å². The number of pyridine rings is 1. The van der Waals surface area contributed by atoms with Crippen LogP contribution in [0.25, 0.3) is 5.76 Å². The van der Waals surface area contributed by atoms with Gasteiger partial charge in [0.15, 0.2) is 0 Å². The Labute approximate surface area is 205 Å². The smallest absolute Gasteiger partial charge is 0.416 e. The molecule has 1 amide bonds. The minimum Gasteiger partial charge on any atom is -0.507 e. The number of rotatable bonds is 6. The first-order chi connectivity index (χ1) is 17.1. The van der Waals surface area contributed by atoms with Gasteiger partial charge >= 0.3 is 6.18 Å². The summed E-state index contributed by atoms with van der Waals surface area (Å²) < 4.78 is 45.4. The Morgan fingerprint density at radius 3 is 2.47 bits per heavy atom. The molecule has 1 N–H and O–H groups in total. The van der Waals surface area contributed by atoms with Crippen LogP contribution < -0.4 is 4.74 Å². The van der Waals surface area contributed by atoms with Crippen LogP contribution in [0.5, 0.6) is 5.75 Å². The Balaban J connectivity index is 1.81. The molecule has 1 aliphatic rings. The van der Waals surface area contributed by atoms with Crippen molar-refractivity contribution in [3.05, 3.63) is 101 Å². The molecular weight excluding hydrogens is 473 g/mol. The second-order valence-corrected chi connectivity index (χ2v) is 8.57. The van der Waals surface area contributed by atoms with Gasteiger partial charge in [-0.15, -0.1) is 0 Å². The van der Waals surface area contributed by atoms with Crippen molar-refractivity contribution in [1.29, 1.82) is 0 Å². The molecule has 6 nitrogen and oxygen atoms in total. The third-order valence-corrected chi connectivity index (χ3v) is 5.59. The predicted molar refractivity (Wildman–Crippen MR) is 126 cm³/mol. The first-order valence-corrected chi connectivity index (χ1v) is 11.2. The lowest BCUT2D eigenvalue weighted by atomic mass is 9.98. The average Bonchev–Trinajstić information content (AvgIpc) is 3.08. The van der Waals surface area contributed by atoms with E-state index in [-0.39, 0.29) is 29.3 Å². The monoisotopic (exact) mass is 496 g/mol. The van der Waals surface area contributed by atoms with E-state index in [1.54, 1.807) is 42.5 Å². The van der Waals surface area contributed by atoms with Gasteiger partial charge < -0.3 is 14.7 Å². The zero-order chi connectivity index (χ0) is 26.0. The average molecular weight is 496 g/mol. The molecule has 1 unspecified atom stereocenters. The number of aliphatic hydroxyl groups excluding tert-OH is 1. The maximum Gasteiger partial charge on any atom is 0.416 e. The van der Waals surface area contributed by atoms with Gasteiger partial charge in [-0.1, -0.05) is 30.3 Å². The number of hydrogen-bond donors (Lipinski definition) is 1. The molecule has 1 saturated heterocycles. The van der Waals surface area contributed by atoms with Gasteiger partial charge in [0.05, 0.1) is 22.9 Å². The number of carbonyl (C=O) groups is 2. The number of alkyl halides is 3. The molecule has 186 valence electrons. The molecule has 1 fully saturated rings. The highest BCUT2D eigenvalue weighted by Gasteiger charge is 2.47. The number of halogens is 3. The Hall–Kier alpha value is -4.14. The molecule has 1 aliphatic heterocycles. The molecule has 0 aliphatic carbocycles. The van der Waals surface area contributed by atoms with Gasteiger partial charge in [0.1, 0.15) is 17.6 Å². The highest BCUT2D eigenvalue weighted by molar-refractivity contribution is 6.46. The van der Waals surface area contributed by atoms with Gasteiger partial charge in [0.25, 0.3) is 11.7 Å². The van der Waals surface area contributed by atoms with Crippen molar-refractivity contribution in [2.45, 2.75) is 38.7 Å². The van der Waals surface area contributed by atoms with Crippen LogP contribution in [0, 0.1) is 0 Å². The fourth-order valence-corrected chi connectivity index (χ4v) is 4.08. The van der Waals surface area contributed by atoms with Crippen LogP contribution in [0.1, 0.15) is 42.3 Å². The highest BCUT2D eigenvalue weighted by Crippen LogP contribution is 2.40. The fourth-order valence-electron chi connectivity index (χ4n) is 4.08. The fraction of sp³-hybridized carbons (Fsp3) is 0.222. The Morgan fingerprint density at radius 2 is 1.81 bits per heavy atom. The predicted octanol–water partition coefficient (Wildman–Crippen LogP) is 5.51. The van der Waals surface area contributed by atoms with Gasteiger partial charge in [-0.2, -0.15) is 13.2 Å². The maximum absolute atomic E-state index is 13.2. The first-order valence-electron chi connectivity index (χ1n) is 11.2. The first kappa shape index (κ1) is 25.0. The summed E-state index contributed by atoms with van der Waals surface area (Å²) in [6.07, 6.45) is -3.22. The maximum atomic E-state index is 13.2. The number of Topliss-reactive ketones (excluding diaryl/α,β-unsaturated/α-hetero) is 1. The number of carbonyl (C=O) groups excluding carboxylic acids is 2. The van der Waals surface area contributed by atoms with Crippen molar-refractivity contribution in [3.8, 4) is 5.75 Å².